The molecule has 0 aliphatic rings. The Bertz CT molecular complexity index is 912. The Kier molecular flexibility index (Phi) is 7.63. The molecule has 0 spiro atoms. The van der Waals surface area contributed by atoms with Crippen molar-refractivity contribution in [2.45, 2.75) is 26.8 Å². The maximum absolute atomic E-state index is 12.9. The van der Waals surface area contributed by atoms with Gasteiger partial charge in [0, 0.05) is 31.9 Å². The lowest BCUT2D eigenvalue weighted by Gasteiger charge is -2.20. The van der Waals surface area contributed by atoms with E-state index >= 15 is 0 Å². The summed E-state index contributed by atoms with van der Waals surface area (Å²) >= 11 is 0. The average molecular weight is 415 g/mol. The number of nitro groups is 1. The van der Waals surface area contributed by atoms with Gasteiger partial charge < -0.3 is 19.7 Å². The molecule has 0 aliphatic heterocycles. The van der Waals surface area contributed by atoms with Crippen LogP contribution in [-0.2, 0) is 0 Å². The zero-order chi connectivity index (χ0) is 22.4. The number of nitrogens with one attached hydrogen (secondary N) is 1. The molecule has 2 rings (SSSR count). The van der Waals surface area contributed by atoms with Crippen molar-refractivity contribution < 1.29 is 19.2 Å². The number of ether oxygens (including phenoxy) is 2. The summed E-state index contributed by atoms with van der Waals surface area (Å²) in [7, 11) is 5.13. The lowest BCUT2D eigenvalue weighted by Crippen LogP contribution is -2.28. The third kappa shape index (κ3) is 5.62. The normalized spacial score (nSPS) is 11.7. The summed E-state index contributed by atoms with van der Waals surface area (Å²) < 4.78 is 11.2. The molecule has 1 N–H and O–H groups in total. The van der Waals surface area contributed by atoms with Gasteiger partial charge in [0.25, 0.3) is 11.6 Å². The fourth-order valence-corrected chi connectivity index (χ4v) is 2.90. The smallest absolute Gasteiger partial charge is 0.270 e. The largest absolute Gasteiger partial charge is 0.493 e. The first-order valence-corrected chi connectivity index (χ1v) is 9.71. The topological polar surface area (TPSA) is 93.9 Å². The van der Waals surface area contributed by atoms with Gasteiger partial charge in [-0.25, -0.2) is 0 Å². The number of carbonyl (C=O) groups excluding carboxylic acids is 1. The molecule has 0 radical (unpaired) electrons. The molecular weight excluding hydrogens is 386 g/mol. The summed E-state index contributed by atoms with van der Waals surface area (Å²) in [4.78, 5) is 25.3. The van der Waals surface area contributed by atoms with Crippen molar-refractivity contribution in [3.8, 4) is 11.5 Å². The maximum atomic E-state index is 12.9. The summed E-state index contributed by atoms with van der Waals surface area (Å²) in [6.45, 7) is 6.54. The Balaban J connectivity index is 2.25. The summed E-state index contributed by atoms with van der Waals surface area (Å²) in [6, 6.07) is 9.40. The van der Waals surface area contributed by atoms with E-state index in [1.54, 1.807) is 32.2 Å². The van der Waals surface area contributed by atoms with E-state index in [1.807, 2.05) is 25.1 Å². The minimum absolute atomic E-state index is 0.133. The minimum atomic E-state index is -0.513. The van der Waals surface area contributed by atoms with E-state index in [4.69, 9.17) is 9.47 Å². The molecule has 1 amide bonds. The van der Waals surface area contributed by atoms with Crippen LogP contribution in [0.5, 0.6) is 11.5 Å². The molecule has 8 heteroatoms. The number of anilines is 1. The van der Waals surface area contributed by atoms with Gasteiger partial charge in [-0.2, -0.15) is 0 Å². The predicted molar refractivity (Wildman–Crippen MR) is 117 cm³/mol. The molecule has 8 nitrogen and oxygen atoms in total. The third-order valence-corrected chi connectivity index (χ3v) is 4.52. The van der Waals surface area contributed by atoms with Gasteiger partial charge in [-0.15, -0.1) is 0 Å². The standard InChI is InChI=1S/C22H29N3O5/c1-14(2)13-30-20-10-7-16(11-21(20)29-6)15(3)23-22(26)18-12-17(25(27)28)8-9-19(18)24(4)5/h7-12,14-15H,13H2,1-6H3,(H,23,26). The van der Waals surface area contributed by atoms with E-state index in [-0.39, 0.29) is 17.3 Å². The lowest BCUT2D eigenvalue weighted by atomic mass is 10.1. The number of nitrogens with zero attached hydrogens (tertiary/aromatic N) is 2. The molecule has 0 fully saturated rings. The average Bonchev–Trinajstić information content (AvgIpc) is 2.71. The zero-order valence-electron chi connectivity index (χ0n) is 18.3. The van der Waals surface area contributed by atoms with Crippen LogP contribution in [0.4, 0.5) is 11.4 Å². The molecule has 1 unspecified atom stereocenters. The van der Waals surface area contributed by atoms with Gasteiger partial charge in [0.05, 0.1) is 30.2 Å². The third-order valence-electron chi connectivity index (χ3n) is 4.52. The van der Waals surface area contributed by atoms with Crippen molar-refractivity contribution in [1.82, 2.24) is 5.32 Å². The second-order valence-electron chi connectivity index (χ2n) is 7.66. The van der Waals surface area contributed by atoms with E-state index in [2.05, 4.69) is 19.2 Å². The van der Waals surface area contributed by atoms with Crippen LogP contribution >= 0.6 is 0 Å². The van der Waals surface area contributed by atoms with Crippen molar-refractivity contribution in [3.63, 3.8) is 0 Å². The first-order valence-electron chi connectivity index (χ1n) is 9.71. The van der Waals surface area contributed by atoms with Gasteiger partial charge in [0.15, 0.2) is 11.5 Å². The molecule has 2 aromatic rings. The number of amides is 1. The Morgan fingerprint density at radius 2 is 1.83 bits per heavy atom. The van der Waals surface area contributed by atoms with Crippen molar-refractivity contribution in [3.05, 3.63) is 57.6 Å². The Morgan fingerprint density at radius 3 is 2.40 bits per heavy atom. The van der Waals surface area contributed by atoms with Gasteiger partial charge in [-0.05, 0) is 36.6 Å². The molecule has 162 valence electrons. The highest BCUT2D eigenvalue weighted by molar-refractivity contribution is 6.00. The summed E-state index contributed by atoms with van der Waals surface area (Å²) in [5, 5.41) is 14.0. The summed E-state index contributed by atoms with van der Waals surface area (Å²) in [5.41, 5.74) is 1.53. The fraction of sp³-hybridized carbons (Fsp3) is 0.409. The van der Waals surface area contributed by atoms with E-state index in [0.29, 0.717) is 29.7 Å². The molecule has 0 saturated heterocycles. The Labute approximate surface area is 176 Å². The van der Waals surface area contributed by atoms with Crippen LogP contribution in [-0.4, -0.2) is 38.6 Å². The first kappa shape index (κ1) is 23.0. The molecule has 2 aromatic carbocycles. The SMILES string of the molecule is COc1cc(C(C)NC(=O)c2cc([N+](=O)[O-])ccc2N(C)C)ccc1OCC(C)C. The Morgan fingerprint density at radius 1 is 1.13 bits per heavy atom. The van der Waals surface area contributed by atoms with E-state index < -0.39 is 10.8 Å². The second-order valence-corrected chi connectivity index (χ2v) is 7.66. The number of hydrogen-bond acceptors (Lipinski definition) is 6. The summed E-state index contributed by atoms with van der Waals surface area (Å²) in [6.07, 6.45) is 0. The van der Waals surface area contributed by atoms with Crippen molar-refractivity contribution in [2.75, 3.05) is 32.7 Å². The molecular formula is C22H29N3O5. The molecule has 0 saturated carbocycles. The minimum Gasteiger partial charge on any atom is -0.493 e. The number of rotatable bonds is 9. The van der Waals surface area contributed by atoms with Crippen LogP contribution in [0, 0.1) is 16.0 Å². The molecule has 0 aromatic heterocycles. The number of benzene rings is 2. The quantitative estimate of drug-likeness (QED) is 0.487. The highest BCUT2D eigenvalue weighted by Gasteiger charge is 2.20. The van der Waals surface area contributed by atoms with E-state index in [9.17, 15) is 14.9 Å². The van der Waals surface area contributed by atoms with E-state index in [0.717, 1.165) is 5.56 Å². The number of non-ortho nitro benzene ring substituents is 1. The number of carbonyl (C=O) groups is 1. The van der Waals surface area contributed by atoms with Crippen LogP contribution in [0.2, 0.25) is 0 Å². The van der Waals surface area contributed by atoms with Crippen LogP contribution in [0.25, 0.3) is 0 Å². The van der Waals surface area contributed by atoms with Crippen LogP contribution in [0.3, 0.4) is 0 Å². The van der Waals surface area contributed by atoms with Crippen LogP contribution in [0.15, 0.2) is 36.4 Å². The fourth-order valence-electron chi connectivity index (χ4n) is 2.90. The highest BCUT2D eigenvalue weighted by atomic mass is 16.6. The molecule has 1 atom stereocenters. The van der Waals surface area contributed by atoms with Gasteiger partial charge in [0.2, 0.25) is 0 Å². The number of hydrogen-bond donors (Lipinski definition) is 1. The van der Waals surface area contributed by atoms with E-state index in [1.165, 1.54) is 12.1 Å². The predicted octanol–water partition coefficient (Wildman–Crippen LogP) is 4.20. The van der Waals surface area contributed by atoms with Gasteiger partial charge in [0.1, 0.15) is 0 Å². The van der Waals surface area contributed by atoms with Gasteiger partial charge in [-0.3, -0.25) is 14.9 Å². The van der Waals surface area contributed by atoms with Crippen molar-refractivity contribution in [2.24, 2.45) is 5.92 Å². The van der Waals surface area contributed by atoms with Crippen molar-refractivity contribution in [1.29, 1.82) is 0 Å². The highest BCUT2D eigenvalue weighted by Crippen LogP contribution is 2.31. The van der Waals surface area contributed by atoms with Gasteiger partial charge in [-0.1, -0.05) is 19.9 Å². The maximum Gasteiger partial charge on any atom is 0.270 e. The monoisotopic (exact) mass is 415 g/mol. The lowest BCUT2D eigenvalue weighted by molar-refractivity contribution is -0.384. The Hall–Kier alpha value is -3.29. The molecule has 30 heavy (non-hydrogen) atoms. The molecule has 0 aliphatic carbocycles. The van der Waals surface area contributed by atoms with Crippen LogP contribution < -0.4 is 19.7 Å². The second kappa shape index (κ2) is 9.96. The molecule has 0 heterocycles. The zero-order valence-corrected chi connectivity index (χ0v) is 18.3. The molecule has 0 bridgehead atoms. The first-order chi connectivity index (χ1) is 14.1. The number of nitro benzene ring substituents is 1. The number of methoxy groups -OCH3 is 1. The summed E-state index contributed by atoms with van der Waals surface area (Å²) in [5.74, 6) is 1.21. The van der Waals surface area contributed by atoms with Gasteiger partial charge >= 0.3 is 0 Å². The van der Waals surface area contributed by atoms with Crippen molar-refractivity contribution >= 4 is 17.3 Å². The van der Waals surface area contributed by atoms with Crippen LogP contribution in [0.1, 0.15) is 42.7 Å².